The molecule has 0 radical (unpaired) electrons. The van der Waals surface area contributed by atoms with E-state index in [1.807, 2.05) is 0 Å². The predicted octanol–water partition coefficient (Wildman–Crippen LogP) is 2.82. The van der Waals surface area contributed by atoms with Gasteiger partial charge in [-0.25, -0.2) is 0 Å². The average molecular weight is 244 g/mol. The van der Waals surface area contributed by atoms with E-state index < -0.39 is 6.61 Å². The molecule has 14 heavy (non-hydrogen) atoms. The van der Waals surface area contributed by atoms with Gasteiger partial charge in [-0.15, -0.1) is 12.4 Å². The fourth-order valence-corrected chi connectivity index (χ4v) is 1.11. The molecule has 0 aliphatic carbocycles. The topological polar surface area (TPSA) is 35.2 Å². The van der Waals surface area contributed by atoms with Gasteiger partial charge in [0, 0.05) is 17.1 Å². The van der Waals surface area contributed by atoms with Crippen molar-refractivity contribution in [2.24, 2.45) is 5.73 Å². The minimum Gasteiger partial charge on any atom is -0.434 e. The molecule has 80 valence electrons. The Bertz CT molecular complexity index is 297. The van der Waals surface area contributed by atoms with Crippen LogP contribution in [0, 0.1) is 0 Å². The van der Waals surface area contributed by atoms with Crippen molar-refractivity contribution in [1.29, 1.82) is 0 Å². The smallest absolute Gasteiger partial charge is 0.387 e. The Labute approximate surface area is 91.4 Å². The Morgan fingerprint density at radius 3 is 2.57 bits per heavy atom. The van der Waals surface area contributed by atoms with Gasteiger partial charge in [0.2, 0.25) is 0 Å². The third-order valence-electron chi connectivity index (χ3n) is 1.46. The summed E-state index contributed by atoms with van der Waals surface area (Å²) in [6, 6.07) is 4.34. The molecule has 0 aliphatic rings. The minimum absolute atomic E-state index is 0. The van der Waals surface area contributed by atoms with Crippen molar-refractivity contribution in [3.05, 3.63) is 28.8 Å². The molecule has 0 spiro atoms. The van der Waals surface area contributed by atoms with Crippen molar-refractivity contribution in [2.75, 3.05) is 0 Å². The van der Waals surface area contributed by atoms with Gasteiger partial charge in [0.05, 0.1) is 0 Å². The lowest BCUT2D eigenvalue weighted by Crippen LogP contribution is -2.06. The van der Waals surface area contributed by atoms with Crippen LogP contribution < -0.4 is 10.5 Å². The summed E-state index contributed by atoms with van der Waals surface area (Å²) in [5.41, 5.74) is 5.78. The Balaban J connectivity index is 0.00000169. The van der Waals surface area contributed by atoms with Gasteiger partial charge < -0.3 is 10.5 Å². The summed E-state index contributed by atoms with van der Waals surface area (Å²) >= 11 is 5.63. The van der Waals surface area contributed by atoms with E-state index in [1.165, 1.54) is 18.2 Å². The maximum absolute atomic E-state index is 11.8. The third-order valence-corrected chi connectivity index (χ3v) is 1.69. The number of halogens is 4. The van der Waals surface area contributed by atoms with Crippen LogP contribution in [0.15, 0.2) is 18.2 Å². The summed E-state index contributed by atoms with van der Waals surface area (Å²) in [6.07, 6.45) is 0. The number of hydrogen-bond acceptors (Lipinski definition) is 2. The van der Waals surface area contributed by atoms with Crippen molar-refractivity contribution in [3.63, 3.8) is 0 Å². The summed E-state index contributed by atoms with van der Waals surface area (Å²) in [5, 5.41) is 0.446. The van der Waals surface area contributed by atoms with E-state index >= 15 is 0 Å². The van der Waals surface area contributed by atoms with E-state index in [0.717, 1.165) is 0 Å². The van der Waals surface area contributed by atoms with Crippen LogP contribution in [-0.4, -0.2) is 6.61 Å². The van der Waals surface area contributed by atoms with E-state index in [-0.39, 0.29) is 24.7 Å². The highest BCUT2D eigenvalue weighted by atomic mass is 35.5. The second-order valence-corrected chi connectivity index (χ2v) is 2.77. The third kappa shape index (κ3) is 3.65. The molecule has 0 saturated carbocycles. The number of rotatable bonds is 3. The molecule has 0 unspecified atom stereocenters. The van der Waals surface area contributed by atoms with Crippen LogP contribution in [0.1, 0.15) is 5.56 Å². The lowest BCUT2D eigenvalue weighted by Gasteiger charge is -2.08. The van der Waals surface area contributed by atoms with E-state index in [0.29, 0.717) is 10.6 Å². The lowest BCUT2D eigenvalue weighted by atomic mass is 10.2. The normalized spacial score (nSPS) is 9.79. The van der Waals surface area contributed by atoms with Gasteiger partial charge in [0.1, 0.15) is 5.75 Å². The summed E-state index contributed by atoms with van der Waals surface area (Å²) in [6.45, 7) is -2.73. The Morgan fingerprint density at radius 2 is 2.07 bits per heavy atom. The molecule has 1 rings (SSSR count). The molecular weight excluding hydrogens is 235 g/mol. The number of benzene rings is 1. The molecule has 0 amide bonds. The van der Waals surface area contributed by atoms with E-state index in [9.17, 15) is 8.78 Å². The Morgan fingerprint density at radius 1 is 1.43 bits per heavy atom. The number of nitrogens with two attached hydrogens (primary N) is 1. The zero-order valence-electron chi connectivity index (χ0n) is 7.04. The molecule has 2 nitrogen and oxygen atoms in total. The fourth-order valence-electron chi connectivity index (χ4n) is 0.918. The second-order valence-electron chi connectivity index (χ2n) is 2.33. The van der Waals surface area contributed by atoms with Gasteiger partial charge in [-0.1, -0.05) is 11.6 Å². The van der Waals surface area contributed by atoms with Crippen molar-refractivity contribution in [3.8, 4) is 5.75 Å². The standard InChI is InChI=1S/C8H8ClF2NO.ClH/c9-6-1-2-7(13-8(10)11)5(3-6)4-12;/h1-3,8H,4,12H2;1H. The molecule has 6 heteroatoms. The van der Waals surface area contributed by atoms with Crippen molar-refractivity contribution >= 4 is 24.0 Å². The fraction of sp³-hybridized carbons (Fsp3) is 0.250. The summed E-state index contributed by atoms with van der Waals surface area (Å²) in [4.78, 5) is 0. The Hall–Kier alpha value is -0.580. The van der Waals surface area contributed by atoms with Crippen molar-refractivity contribution in [1.82, 2.24) is 0 Å². The maximum Gasteiger partial charge on any atom is 0.387 e. The zero-order valence-corrected chi connectivity index (χ0v) is 8.62. The quantitative estimate of drug-likeness (QED) is 0.887. The highest BCUT2D eigenvalue weighted by molar-refractivity contribution is 6.30. The SMILES string of the molecule is Cl.NCc1cc(Cl)ccc1OC(F)F. The second kappa shape index (κ2) is 6.01. The molecule has 1 aromatic carbocycles. The minimum atomic E-state index is -2.84. The zero-order chi connectivity index (χ0) is 9.84. The van der Waals surface area contributed by atoms with E-state index in [2.05, 4.69) is 4.74 Å². The summed E-state index contributed by atoms with van der Waals surface area (Å²) in [7, 11) is 0. The molecule has 0 bridgehead atoms. The molecule has 1 aromatic rings. The van der Waals surface area contributed by atoms with Crippen LogP contribution in [0.2, 0.25) is 5.02 Å². The molecule has 0 atom stereocenters. The van der Waals surface area contributed by atoms with Crippen LogP contribution in [0.3, 0.4) is 0 Å². The first kappa shape index (κ1) is 13.4. The molecule has 0 saturated heterocycles. The van der Waals surface area contributed by atoms with Crippen LogP contribution in [0.5, 0.6) is 5.75 Å². The van der Waals surface area contributed by atoms with Crippen LogP contribution >= 0.6 is 24.0 Å². The monoisotopic (exact) mass is 243 g/mol. The summed E-state index contributed by atoms with van der Waals surface area (Å²) < 4.78 is 27.9. The highest BCUT2D eigenvalue weighted by Gasteiger charge is 2.08. The Kier molecular flexibility index (Phi) is 5.76. The van der Waals surface area contributed by atoms with Gasteiger partial charge >= 0.3 is 6.61 Å². The molecule has 0 aliphatic heterocycles. The molecule has 0 fully saturated rings. The largest absolute Gasteiger partial charge is 0.434 e. The van der Waals surface area contributed by atoms with Gasteiger partial charge in [-0.05, 0) is 18.2 Å². The number of alkyl halides is 2. The number of ether oxygens (including phenoxy) is 1. The van der Waals surface area contributed by atoms with Crippen molar-refractivity contribution in [2.45, 2.75) is 13.2 Å². The van der Waals surface area contributed by atoms with Gasteiger partial charge in [-0.2, -0.15) is 8.78 Å². The molecule has 2 N–H and O–H groups in total. The number of hydrogen-bond donors (Lipinski definition) is 1. The predicted molar refractivity (Wildman–Crippen MR) is 53.2 cm³/mol. The maximum atomic E-state index is 11.8. The molecule has 0 aromatic heterocycles. The summed E-state index contributed by atoms with van der Waals surface area (Å²) in [5.74, 6) is 0.0712. The first-order valence-corrected chi connectivity index (χ1v) is 3.94. The molecule has 0 heterocycles. The van der Waals surface area contributed by atoms with Gasteiger partial charge in [-0.3, -0.25) is 0 Å². The van der Waals surface area contributed by atoms with E-state index in [1.54, 1.807) is 0 Å². The van der Waals surface area contributed by atoms with Crippen molar-refractivity contribution < 1.29 is 13.5 Å². The lowest BCUT2D eigenvalue weighted by molar-refractivity contribution is -0.0504. The first-order chi connectivity index (χ1) is 6.13. The van der Waals surface area contributed by atoms with Crippen LogP contribution in [0.4, 0.5) is 8.78 Å². The van der Waals surface area contributed by atoms with Gasteiger partial charge in [0.25, 0.3) is 0 Å². The molecular formula is C8H9Cl2F2NO. The van der Waals surface area contributed by atoms with Crippen LogP contribution in [-0.2, 0) is 6.54 Å². The van der Waals surface area contributed by atoms with Gasteiger partial charge in [0.15, 0.2) is 0 Å². The average Bonchev–Trinajstić information content (AvgIpc) is 2.07. The first-order valence-electron chi connectivity index (χ1n) is 3.57. The van der Waals surface area contributed by atoms with E-state index in [4.69, 9.17) is 17.3 Å². The highest BCUT2D eigenvalue weighted by Crippen LogP contribution is 2.23. The van der Waals surface area contributed by atoms with Crippen LogP contribution in [0.25, 0.3) is 0 Å².